The molecule has 0 aliphatic carbocycles. The highest BCUT2D eigenvalue weighted by molar-refractivity contribution is 7.80. The Hall–Kier alpha value is -1.10. The maximum Gasteiger partial charge on any atom is 0.170 e. The van der Waals surface area contributed by atoms with E-state index in [0.717, 1.165) is 12.2 Å². The summed E-state index contributed by atoms with van der Waals surface area (Å²) >= 11 is 4.94. The minimum atomic E-state index is 0.619. The molecule has 0 atom stereocenters. The SMILES string of the molecule is CCNC(=S)Nc1cn[nH]c1. The highest BCUT2D eigenvalue weighted by Gasteiger charge is 1.94. The molecule has 0 aromatic carbocycles. The third-order valence-corrected chi connectivity index (χ3v) is 1.34. The molecule has 1 rings (SSSR count). The van der Waals surface area contributed by atoms with Crippen molar-refractivity contribution in [2.75, 3.05) is 11.9 Å². The highest BCUT2D eigenvalue weighted by atomic mass is 32.1. The van der Waals surface area contributed by atoms with Gasteiger partial charge in [0.15, 0.2) is 5.11 Å². The van der Waals surface area contributed by atoms with Crippen LogP contribution in [-0.4, -0.2) is 21.9 Å². The summed E-state index contributed by atoms with van der Waals surface area (Å²) in [6.07, 6.45) is 3.41. The van der Waals surface area contributed by atoms with Crippen molar-refractivity contribution in [2.24, 2.45) is 0 Å². The molecule has 0 radical (unpaired) electrons. The molecule has 0 bridgehead atoms. The molecular formula is C6H10N4S. The molecule has 1 heterocycles. The lowest BCUT2D eigenvalue weighted by molar-refractivity contribution is 0.979. The van der Waals surface area contributed by atoms with Crippen LogP contribution in [0.15, 0.2) is 12.4 Å². The van der Waals surface area contributed by atoms with Crippen LogP contribution in [0.4, 0.5) is 5.69 Å². The molecule has 0 saturated heterocycles. The molecule has 3 N–H and O–H groups in total. The minimum absolute atomic E-state index is 0.619. The summed E-state index contributed by atoms with van der Waals surface area (Å²) in [4.78, 5) is 0. The number of rotatable bonds is 2. The van der Waals surface area contributed by atoms with Gasteiger partial charge in [0.05, 0.1) is 11.9 Å². The molecule has 0 aliphatic rings. The largest absolute Gasteiger partial charge is 0.363 e. The molecule has 0 amide bonds. The van der Waals surface area contributed by atoms with Crippen LogP contribution >= 0.6 is 12.2 Å². The summed E-state index contributed by atoms with van der Waals surface area (Å²) in [7, 11) is 0. The third kappa shape index (κ3) is 2.55. The van der Waals surface area contributed by atoms with Crippen molar-refractivity contribution >= 4 is 23.0 Å². The molecule has 1 aromatic rings. The van der Waals surface area contributed by atoms with E-state index < -0.39 is 0 Å². The van der Waals surface area contributed by atoms with Crippen molar-refractivity contribution in [3.8, 4) is 0 Å². The zero-order valence-electron chi connectivity index (χ0n) is 6.22. The molecule has 0 spiro atoms. The number of H-pyrrole nitrogens is 1. The van der Waals surface area contributed by atoms with Gasteiger partial charge in [0, 0.05) is 12.7 Å². The van der Waals surface area contributed by atoms with Crippen molar-refractivity contribution in [1.82, 2.24) is 15.5 Å². The summed E-state index contributed by atoms with van der Waals surface area (Å²) in [6.45, 7) is 2.81. The van der Waals surface area contributed by atoms with Crippen molar-refractivity contribution in [1.29, 1.82) is 0 Å². The van der Waals surface area contributed by atoms with Gasteiger partial charge in [-0.3, -0.25) is 5.10 Å². The normalized spacial score (nSPS) is 9.18. The second kappa shape index (κ2) is 3.92. The average Bonchev–Trinajstić information content (AvgIpc) is 2.40. The summed E-state index contributed by atoms with van der Waals surface area (Å²) in [6, 6.07) is 0. The van der Waals surface area contributed by atoms with Gasteiger partial charge in [-0.25, -0.2) is 0 Å². The Morgan fingerprint density at radius 1 is 1.82 bits per heavy atom. The van der Waals surface area contributed by atoms with Gasteiger partial charge in [0.2, 0.25) is 0 Å². The summed E-state index contributed by atoms with van der Waals surface area (Å²) < 4.78 is 0. The van der Waals surface area contributed by atoms with E-state index in [0.29, 0.717) is 5.11 Å². The molecular weight excluding hydrogens is 160 g/mol. The first-order valence-corrected chi connectivity index (χ1v) is 3.77. The molecule has 0 unspecified atom stereocenters. The monoisotopic (exact) mass is 170 g/mol. The first-order chi connectivity index (χ1) is 5.33. The lowest BCUT2D eigenvalue weighted by Gasteiger charge is -2.04. The molecule has 5 heteroatoms. The number of thiocarbonyl (C=S) groups is 1. The van der Waals surface area contributed by atoms with E-state index in [1.165, 1.54) is 0 Å². The van der Waals surface area contributed by atoms with Crippen LogP contribution in [0, 0.1) is 0 Å². The summed E-state index contributed by atoms with van der Waals surface area (Å²) in [5, 5.41) is 13.0. The smallest absolute Gasteiger partial charge is 0.170 e. The van der Waals surface area contributed by atoms with Gasteiger partial charge in [-0.15, -0.1) is 0 Å². The Labute approximate surface area is 70.4 Å². The second-order valence-corrected chi connectivity index (χ2v) is 2.38. The topological polar surface area (TPSA) is 52.7 Å². The highest BCUT2D eigenvalue weighted by Crippen LogP contribution is 1.99. The maximum absolute atomic E-state index is 4.94. The van der Waals surface area contributed by atoms with E-state index in [4.69, 9.17) is 12.2 Å². The number of hydrogen-bond acceptors (Lipinski definition) is 2. The van der Waals surface area contributed by atoms with E-state index in [1.54, 1.807) is 12.4 Å². The Kier molecular flexibility index (Phi) is 2.85. The van der Waals surface area contributed by atoms with Crippen molar-refractivity contribution in [2.45, 2.75) is 6.92 Å². The standard InChI is InChI=1S/C6H10N4S/c1-2-7-6(11)10-5-3-8-9-4-5/h3-4H,2H2,1H3,(H,8,9)(H2,7,10,11). The van der Waals surface area contributed by atoms with E-state index >= 15 is 0 Å². The van der Waals surface area contributed by atoms with Gasteiger partial charge >= 0.3 is 0 Å². The molecule has 1 aromatic heterocycles. The number of aromatic amines is 1. The van der Waals surface area contributed by atoms with Gasteiger partial charge in [0.1, 0.15) is 0 Å². The Morgan fingerprint density at radius 3 is 3.18 bits per heavy atom. The third-order valence-electron chi connectivity index (χ3n) is 1.09. The second-order valence-electron chi connectivity index (χ2n) is 1.97. The van der Waals surface area contributed by atoms with Gasteiger partial charge in [0.25, 0.3) is 0 Å². The number of nitrogens with one attached hydrogen (secondary N) is 3. The van der Waals surface area contributed by atoms with Crippen molar-refractivity contribution in [3.05, 3.63) is 12.4 Å². The Balaban J connectivity index is 2.37. The van der Waals surface area contributed by atoms with Crippen LogP contribution < -0.4 is 10.6 Å². The maximum atomic E-state index is 4.94. The quantitative estimate of drug-likeness (QED) is 0.572. The predicted molar refractivity (Wildman–Crippen MR) is 48.5 cm³/mol. The van der Waals surface area contributed by atoms with Crippen LogP contribution in [0.25, 0.3) is 0 Å². The van der Waals surface area contributed by atoms with Crippen LogP contribution in [0.3, 0.4) is 0 Å². The Bertz CT molecular complexity index is 218. The first kappa shape index (κ1) is 8.00. The van der Waals surface area contributed by atoms with E-state index in [1.807, 2.05) is 6.92 Å². The zero-order chi connectivity index (χ0) is 8.10. The van der Waals surface area contributed by atoms with Crippen LogP contribution in [0.2, 0.25) is 0 Å². The predicted octanol–water partition coefficient (Wildman–Crippen LogP) is 0.716. The lowest BCUT2D eigenvalue weighted by Crippen LogP contribution is -2.27. The molecule has 60 valence electrons. The fourth-order valence-corrected chi connectivity index (χ4v) is 0.917. The lowest BCUT2D eigenvalue weighted by atomic mass is 10.6. The van der Waals surface area contributed by atoms with Gasteiger partial charge in [-0.2, -0.15) is 5.10 Å². The van der Waals surface area contributed by atoms with Crippen LogP contribution in [0.5, 0.6) is 0 Å². The van der Waals surface area contributed by atoms with E-state index in [9.17, 15) is 0 Å². The minimum Gasteiger partial charge on any atom is -0.363 e. The molecule has 11 heavy (non-hydrogen) atoms. The zero-order valence-corrected chi connectivity index (χ0v) is 7.03. The van der Waals surface area contributed by atoms with Crippen molar-refractivity contribution in [3.63, 3.8) is 0 Å². The first-order valence-electron chi connectivity index (χ1n) is 3.36. The summed E-state index contributed by atoms with van der Waals surface area (Å²) in [5.41, 5.74) is 0.871. The number of nitrogens with zero attached hydrogens (tertiary/aromatic N) is 1. The number of anilines is 1. The molecule has 4 nitrogen and oxygen atoms in total. The fourth-order valence-electron chi connectivity index (χ4n) is 0.655. The Morgan fingerprint density at radius 2 is 2.64 bits per heavy atom. The van der Waals surface area contributed by atoms with Gasteiger partial charge < -0.3 is 10.6 Å². The average molecular weight is 170 g/mol. The van der Waals surface area contributed by atoms with Crippen molar-refractivity contribution < 1.29 is 0 Å². The molecule has 0 fully saturated rings. The number of hydrogen-bond donors (Lipinski definition) is 3. The molecule has 0 aliphatic heterocycles. The van der Waals surface area contributed by atoms with E-state index in [2.05, 4.69) is 20.8 Å². The number of aromatic nitrogens is 2. The summed E-state index contributed by atoms with van der Waals surface area (Å²) in [5.74, 6) is 0. The van der Waals surface area contributed by atoms with E-state index in [-0.39, 0.29) is 0 Å². The van der Waals surface area contributed by atoms with Crippen LogP contribution in [0.1, 0.15) is 6.92 Å². The van der Waals surface area contributed by atoms with Gasteiger partial charge in [-0.1, -0.05) is 0 Å². The van der Waals surface area contributed by atoms with Crippen LogP contribution in [-0.2, 0) is 0 Å². The fraction of sp³-hybridized carbons (Fsp3) is 0.333. The molecule has 0 saturated carbocycles. The van der Waals surface area contributed by atoms with Gasteiger partial charge in [-0.05, 0) is 19.1 Å².